The highest BCUT2D eigenvalue weighted by Crippen LogP contribution is 2.07. The van der Waals surface area contributed by atoms with E-state index in [-0.39, 0.29) is 0 Å². The second-order valence-electron chi connectivity index (χ2n) is 2.51. The van der Waals surface area contributed by atoms with Crippen LogP contribution in [0.15, 0.2) is 0 Å². The third kappa shape index (κ3) is 3.20. The lowest BCUT2D eigenvalue weighted by Gasteiger charge is -2.07. The lowest BCUT2D eigenvalue weighted by molar-refractivity contribution is 0.573. The van der Waals surface area contributed by atoms with Gasteiger partial charge in [0.05, 0.1) is 6.07 Å². The normalized spacial score (nSPS) is 13.8. The van der Waals surface area contributed by atoms with Crippen LogP contribution in [0.25, 0.3) is 0 Å². The summed E-state index contributed by atoms with van der Waals surface area (Å²) in [7, 11) is -2.07. The first-order chi connectivity index (χ1) is 5.58. The van der Waals surface area contributed by atoms with Gasteiger partial charge in [0.25, 0.3) is 0 Å². The molecule has 0 saturated carbocycles. The van der Waals surface area contributed by atoms with Gasteiger partial charge in [0.2, 0.25) is 10.0 Å². The van der Waals surface area contributed by atoms with Gasteiger partial charge in [0.1, 0.15) is 0 Å². The van der Waals surface area contributed by atoms with Crippen molar-refractivity contribution in [2.45, 2.75) is 31.4 Å². The van der Waals surface area contributed by atoms with Gasteiger partial charge in [-0.1, -0.05) is 19.8 Å². The summed E-state index contributed by atoms with van der Waals surface area (Å²) < 4.78 is 24.4. The van der Waals surface area contributed by atoms with Gasteiger partial charge in [-0.2, -0.15) is 5.26 Å². The van der Waals surface area contributed by atoms with Crippen molar-refractivity contribution in [2.24, 2.45) is 0 Å². The molecule has 0 heterocycles. The molecule has 0 saturated heterocycles. The Balaban J connectivity index is 4.28. The summed E-state index contributed by atoms with van der Waals surface area (Å²) in [5.41, 5.74) is 0. The molecule has 12 heavy (non-hydrogen) atoms. The number of nitrogens with one attached hydrogen (secondary N) is 1. The Morgan fingerprint density at radius 2 is 2.17 bits per heavy atom. The fraction of sp³-hybridized carbons (Fsp3) is 0.857. The highest BCUT2D eigenvalue weighted by Gasteiger charge is 2.22. The summed E-state index contributed by atoms with van der Waals surface area (Å²) in [6.07, 6.45) is 2.08. The summed E-state index contributed by atoms with van der Waals surface area (Å²) in [6, 6.07) is 1.78. The van der Waals surface area contributed by atoms with Crippen molar-refractivity contribution in [3.63, 3.8) is 0 Å². The van der Waals surface area contributed by atoms with Gasteiger partial charge in [0, 0.05) is 0 Å². The number of nitriles is 1. The second kappa shape index (κ2) is 5.12. The highest BCUT2D eigenvalue weighted by atomic mass is 32.2. The zero-order chi connectivity index (χ0) is 9.61. The number of rotatable bonds is 5. The van der Waals surface area contributed by atoms with Gasteiger partial charge in [-0.05, 0) is 13.5 Å². The third-order valence-corrected chi connectivity index (χ3v) is 3.28. The SMILES string of the molecule is CCCCC(C#N)S(=O)(=O)NC. The van der Waals surface area contributed by atoms with Crippen LogP contribution >= 0.6 is 0 Å². The minimum atomic E-state index is -3.39. The van der Waals surface area contributed by atoms with Crippen LogP contribution in [0.1, 0.15) is 26.2 Å². The molecule has 0 fully saturated rings. The quantitative estimate of drug-likeness (QED) is 0.690. The molecule has 0 rings (SSSR count). The molecule has 1 atom stereocenters. The zero-order valence-corrected chi connectivity index (χ0v) is 8.19. The fourth-order valence-electron chi connectivity index (χ4n) is 0.821. The van der Waals surface area contributed by atoms with Crippen LogP contribution in [-0.2, 0) is 10.0 Å². The first-order valence-corrected chi connectivity index (χ1v) is 5.45. The Bertz CT molecular complexity index is 253. The van der Waals surface area contributed by atoms with Crippen LogP contribution in [0.3, 0.4) is 0 Å². The van der Waals surface area contributed by atoms with E-state index in [1.807, 2.05) is 6.92 Å². The molecule has 0 bridgehead atoms. The molecule has 1 unspecified atom stereocenters. The van der Waals surface area contributed by atoms with Crippen molar-refractivity contribution >= 4 is 10.0 Å². The van der Waals surface area contributed by atoms with Crippen molar-refractivity contribution in [2.75, 3.05) is 7.05 Å². The molecule has 0 aromatic rings. The van der Waals surface area contributed by atoms with Crippen LogP contribution in [0.5, 0.6) is 0 Å². The minimum absolute atomic E-state index is 0.413. The number of sulfonamides is 1. The standard InChI is InChI=1S/C7H14N2O2S/c1-3-4-5-7(6-8)12(10,11)9-2/h7,9H,3-5H2,1-2H3. The topological polar surface area (TPSA) is 70.0 Å². The first-order valence-electron chi connectivity index (χ1n) is 3.90. The Hall–Kier alpha value is -0.600. The molecular weight excluding hydrogens is 176 g/mol. The Labute approximate surface area is 73.6 Å². The maximum atomic E-state index is 11.1. The smallest absolute Gasteiger partial charge is 0.217 e. The monoisotopic (exact) mass is 190 g/mol. The van der Waals surface area contributed by atoms with Gasteiger partial charge in [0.15, 0.2) is 5.25 Å². The van der Waals surface area contributed by atoms with Gasteiger partial charge >= 0.3 is 0 Å². The van der Waals surface area contributed by atoms with Gasteiger partial charge in [-0.15, -0.1) is 0 Å². The molecule has 1 N–H and O–H groups in total. The molecule has 5 heteroatoms. The van der Waals surface area contributed by atoms with Crippen LogP contribution in [0.4, 0.5) is 0 Å². The maximum absolute atomic E-state index is 11.1. The van der Waals surface area contributed by atoms with E-state index in [9.17, 15) is 8.42 Å². The van der Waals surface area contributed by atoms with Crippen LogP contribution in [-0.4, -0.2) is 20.7 Å². The van der Waals surface area contributed by atoms with E-state index < -0.39 is 15.3 Å². The molecule has 0 aliphatic carbocycles. The molecule has 0 spiro atoms. The summed E-state index contributed by atoms with van der Waals surface area (Å²) in [5.74, 6) is 0. The number of hydrogen-bond acceptors (Lipinski definition) is 3. The van der Waals surface area contributed by atoms with Crippen LogP contribution in [0.2, 0.25) is 0 Å². The lowest BCUT2D eigenvalue weighted by Crippen LogP contribution is -2.30. The molecular formula is C7H14N2O2S. The van der Waals surface area contributed by atoms with E-state index >= 15 is 0 Å². The van der Waals surface area contributed by atoms with E-state index in [0.29, 0.717) is 6.42 Å². The molecule has 4 nitrogen and oxygen atoms in total. The largest absolute Gasteiger partial charge is 0.227 e. The number of nitrogens with zero attached hydrogens (tertiary/aromatic N) is 1. The van der Waals surface area contributed by atoms with Crippen molar-refractivity contribution in [3.05, 3.63) is 0 Å². The summed E-state index contributed by atoms with van der Waals surface area (Å²) in [5, 5.41) is 7.65. The summed E-state index contributed by atoms with van der Waals surface area (Å²) in [4.78, 5) is 0. The van der Waals surface area contributed by atoms with Gasteiger partial charge < -0.3 is 0 Å². The molecule has 70 valence electrons. The molecule has 0 aliphatic rings. The van der Waals surface area contributed by atoms with Crippen molar-refractivity contribution in [1.82, 2.24) is 4.72 Å². The van der Waals surface area contributed by atoms with E-state index in [1.54, 1.807) is 6.07 Å². The molecule has 0 aliphatic heterocycles. The predicted octanol–water partition coefficient (Wildman–Crippen LogP) is 0.618. The predicted molar refractivity (Wildman–Crippen MR) is 46.9 cm³/mol. The highest BCUT2D eigenvalue weighted by molar-refractivity contribution is 7.90. The molecule has 0 aromatic heterocycles. The van der Waals surface area contributed by atoms with Crippen molar-refractivity contribution < 1.29 is 8.42 Å². The van der Waals surface area contributed by atoms with E-state index in [0.717, 1.165) is 12.8 Å². The Kier molecular flexibility index (Phi) is 4.86. The van der Waals surface area contributed by atoms with Crippen molar-refractivity contribution in [3.8, 4) is 6.07 Å². The average Bonchev–Trinajstić information content (AvgIpc) is 2.05. The van der Waals surface area contributed by atoms with E-state index in [2.05, 4.69) is 4.72 Å². The van der Waals surface area contributed by atoms with Crippen LogP contribution in [0, 0.1) is 11.3 Å². The Morgan fingerprint density at radius 1 is 1.58 bits per heavy atom. The number of hydrogen-bond donors (Lipinski definition) is 1. The lowest BCUT2D eigenvalue weighted by atomic mass is 10.2. The number of unbranched alkanes of at least 4 members (excludes halogenated alkanes) is 1. The summed E-state index contributed by atoms with van der Waals surface area (Å²) >= 11 is 0. The average molecular weight is 190 g/mol. The summed E-state index contributed by atoms with van der Waals surface area (Å²) in [6.45, 7) is 1.96. The fourth-order valence-corrected chi connectivity index (χ4v) is 1.72. The first kappa shape index (κ1) is 11.4. The van der Waals surface area contributed by atoms with E-state index in [1.165, 1.54) is 7.05 Å². The molecule has 0 amide bonds. The second-order valence-corrected chi connectivity index (χ2v) is 4.58. The third-order valence-electron chi connectivity index (χ3n) is 1.62. The maximum Gasteiger partial charge on any atom is 0.227 e. The van der Waals surface area contributed by atoms with Gasteiger partial charge in [-0.3, -0.25) is 0 Å². The van der Waals surface area contributed by atoms with E-state index in [4.69, 9.17) is 5.26 Å². The Morgan fingerprint density at radius 3 is 2.50 bits per heavy atom. The van der Waals surface area contributed by atoms with Crippen LogP contribution < -0.4 is 4.72 Å². The van der Waals surface area contributed by atoms with Gasteiger partial charge in [-0.25, -0.2) is 13.1 Å². The zero-order valence-electron chi connectivity index (χ0n) is 7.37. The minimum Gasteiger partial charge on any atom is -0.217 e. The van der Waals surface area contributed by atoms with Crippen molar-refractivity contribution in [1.29, 1.82) is 5.26 Å². The molecule has 0 radical (unpaired) electrons. The molecule has 0 aromatic carbocycles.